The van der Waals surface area contributed by atoms with Crippen LogP contribution in [0.3, 0.4) is 0 Å². The molecule has 2 rings (SSSR count). The number of fused-ring (bicyclic) bond motifs is 1. The smallest absolute Gasteiger partial charge is 0.242 e. The van der Waals surface area contributed by atoms with Crippen molar-refractivity contribution in [2.75, 3.05) is 36.8 Å². The maximum absolute atomic E-state index is 12.3. The third-order valence-electron chi connectivity index (χ3n) is 3.57. The van der Waals surface area contributed by atoms with Gasteiger partial charge >= 0.3 is 0 Å². The summed E-state index contributed by atoms with van der Waals surface area (Å²) in [4.78, 5) is 16.2. The molecule has 0 aliphatic carbocycles. The van der Waals surface area contributed by atoms with Crippen LogP contribution in [0.25, 0.3) is 0 Å². The fourth-order valence-electron chi connectivity index (χ4n) is 2.53. The lowest BCUT2D eigenvalue weighted by Gasteiger charge is -2.35. The number of nitrogens with zero attached hydrogens (tertiary/aromatic N) is 2. The molecule has 0 saturated carbocycles. The van der Waals surface area contributed by atoms with Gasteiger partial charge in [-0.25, -0.2) is 0 Å². The molecule has 110 valence electrons. The SMILES string of the molecule is CCN(CC)C(=O)CN1CC(C)Oc2ccc(N)cc21. The average molecular weight is 277 g/mol. The van der Waals surface area contributed by atoms with Gasteiger partial charge in [-0.05, 0) is 39.0 Å². The maximum Gasteiger partial charge on any atom is 0.242 e. The van der Waals surface area contributed by atoms with Crippen molar-refractivity contribution in [2.24, 2.45) is 0 Å². The van der Waals surface area contributed by atoms with Crippen LogP contribution in [0.1, 0.15) is 20.8 Å². The topological polar surface area (TPSA) is 58.8 Å². The number of carbonyl (C=O) groups excluding carboxylic acids is 1. The van der Waals surface area contributed by atoms with Crippen molar-refractivity contribution in [1.29, 1.82) is 0 Å². The van der Waals surface area contributed by atoms with E-state index in [1.165, 1.54) is 0 Å². The molecule has 0 spiro atoms. The quantitative estimate of drug-likeness (QED) is 0.851. The van der Waals surface area contributed by atoms with Crippen molar-refractivity contribution >= 4 is 17.3 Å². The van der Waals surface area contributed by atoms with Crippen LogP contribution in [-0.4, -0.2) is 43.1 Å². The summed E-state index contributed by atoms with van der Waals surface area (Å²) in [5.41, 5.74) is 7.43. The molecule has 0 radical (unpaired) electrons. The van der Waals surface area contributed by atoms with E-state index in [1.54, 1.807) is 0 Å². The number of rotatable bonds is 4. The van der Waals surface area contributed by atoms with E-state index in [2.05, 4.69) is 4.90 Å². The molecule has 1 heterocycles. The van der Waals surface area contributed by atoms with Crippen LogP contribution in [0, 0.1) is 0 Å². The van der Waals surface area contributed by atoms with Crippen LogP contribution in [0.4, 0.5) is 11.4 Å². The van der Waals surface area contributed by atoms with Crippen LogP contribution in [0.5, 0.6) is 5.75 Å². The second kappa shape index (κ2) is 6.03. The molecule has 0 aromatic heterocycles. The molecule has 1 aromatic rings. The number of hydrogen-bond acceptors (Lipinski definition) is 4. The van der Waals surface area contributed by atoms with Crippen molar-refractivity contribution in [1.82, 2.24) is 4.90 Å². The van der Waals surface area contributed by atoms with Gasteiger partial charge in [0.05, 0.1) is 18.8 Å². The molecule has 0 bridgehead atoms. The molecule has 1 aliphatic heterocycles. The summed E-state index contributed by atoms with van der Waals surface area (Å²) >= 11 is 0. The molecule has 20 heavy (non-hydrogen) atoms. The van der Waals surface area contributed by atoms with Crippen LogP contribution in [0.15, 0.2) is 18.2 Å². The Balaban J connectivity index is 2.20. The lowest BCUT2D eigenvalue weighted by Crippen LogP contribution is -2.45. The predicted octanol–water partition coefficient (Wildman–Crippen LogP) is 1.72. The molecule has 5 nitrogen and oxygen atoms in total. The standard InChI is InChI=1S/C15H23N3O2/c1-4-17(5-2)15(19)10-18-9-11(3)20-14-7-6-12(16)8-13(14)18/h6-8,11H,4-5,9-10,16H2,1-3H3. The summed E-state index contributed by atoms with van der Waals surface area (Å²) < 4.78 is 5.79. The minimum absolute atomic E-state index is 0.0654. The number of amides is 1. The second-order valence-electron chi connectivity index (χ2n) is 5.10. The molecule has 1 aromatic carbocycles. The fourth-order valence-corrected chi connectivity index (χ4v) is 2.53. The number of nitrogen functional groups attached to an aromatic ring is 1. The van der Waals surface area contributed by atoms with Gasteiger partial charge < -0.3 is 20.3 Å². The third kappa shape index (κ3) is 2.98. The Morgan fingerprint density at radius 2 is 2.15 bits per heavy atom. The number of likely N-dealkylation sites (N-methyl/N-ethyl adjacent to an activating group) is 1. The Bertz CT molecular complexity index is 486. The Morgan fingerprint density at radius 1 is 1.45 bits per heavy atom. The first-order valence-electron chi connectivity index (χ1n) is 7.14. The van der Waals surface area contributed by atoms with E-state index in [1.807, 2.05) is 43.9 Å². The first-order valence-corrected chi connectivity index (χ1v) is 7.14. The predicted molar refractivity (Wildman–Crippen MR) is 81.1 cm³/mol. The summed E-state index contributed by atoms with van der Waals surface area (Å²) in [5, 5.41) is 0. The van der Waals surface area contributed by atoms with Crippen LogP contribution < -0.4 is 15.4 Å². The molecule has 5 heteroatoms. The highest BCUT2D eigenvalue weighted by atomic mass is 16.5. The molecular weight excluding hydrogens is 254 g/mol. The van der Waals surface area contributed by atoms with Gasteiger partial charge in [0.25, 0.3) is 0 Å². The molecule has 1 amide bonds. The van der Waals surface area contributed by atoms with Crippen LogP contribution in [0.2, 0.25) is 0 Å². The number of anilines is 2. The van der Waals surface area contributed by atoms with Gasteiger partial charge in [0, 0.05) is 18.8 Å². The van der Waals surface area contributed by atoms with Crippen molar-refractivity contribution in [2.45, 2.75) is 26.9 Å². The highest BCUT2D eigenvalue weighted by Crippen LogP contribution is 2.34. The molecule has 0 fully saturated rings. The summed E-state index contributed by atoms with van der Waals surface area (Å²) in [6, 6.07) is 5.56. The number of nitrogens with two attached hydrogens (primary N) is 1. The van der Waals surface area contributed by atoms with Gasteiger partial charge in [0.1, 0.15) is 11.9 Å². The summed E-state index contributed by atoms with van der Waals surface area (Å²) in [5.74, 6) is 0.933. The third-order valence-corrected chi connectivity index (χ3v) is 3.57. The minimum atomic E-state index is 0.0654. The van der Waals surface area contributed by atoms with Crippen molar-refractivity contribution in [3.8, 4) is 5.75 Å². The average Bonchev–Trinajstić information content (AvgIpc) is 2.41. The normalized spacial score (nSPS) is 17.4. The highest BCUT2D eigenvalue weighted by molar-refractivity contribution is 5.83. The molecular formula is C15H23N3O2. The Morgan fingerprint density at radius 3 is 2.80 bits per heavy atom. The van der Waals surface area contributed by atoms with Gasteiger partial charge in [-0.2, -0.15) is 0 Å². The lowest BCUT2D eigenvalue weighted by molar-refractivity contribution is -0.129. The largest absolute Gasteiger partial charge is 0.487 e. The number of carbonyl (C=O) groups is 1. The van der Waals surface area contributed by atoms with Crippen molar-refractivity contribution in [3.05, 3.63) is 18.2 Å². The second-order valence-corrected chi connectivity index (χ2v) is 5.10. The molecule has 0 saturated heterocycles. The number of benzene rings is 1. The van der Waals surface area contributed by atoms with E-state index < -0.39 is 0 Å². The van der Waals surface area contributed by atoms with Crippen molar-refractivity contribution in [3.63, 3.8) is 0 Å². The van der Waals surface area contributed by atoms with E-state index in [4.69, 9.17) is 10.5 Å². The summed E-state index contributed by atoms with van der Waals surface area (Å²) in [6.07, 6.45) is 0.0654. The zero-order chi connectivity index (χ0) is 14.7. The minimum Gasteiger partial charge on any atom is -0.487 e. The zero-order valence-electron chi connectivity index (χ0n) is 12.4. The zero-order valence-corrected chi connectivity index (χ0v) is 12.4. The molecule has 1 aliphatic rings. The Hall–Kier alpha value is -1.91. The van der Waals surface area contributed by atoms with E-state index in [-0.39, 0.29) is 12.0 Å². The van der Waals surface area contributed by atoms with Crippen molar-refractivity contribution < 1.29 is 9.53 Å². The summed E-state index contributed by atoms with van der Waals surface area (Å²) in [7, 11) is 0. The van der Waals surface area contributed by atoms with E-state index >= 15 is 0 Å². The van der Waals surface area contributed by atoms with Gasteiger partial charge in [-0.3, -0.25) is 4.79 Å². The Labute approximate surface area is 120 Å². The van der Waals surface area contributed by atoms with Gasteiger partial charge in [-0.15, -0.1) is 0 Å². The van der Waals surface area contributed by atoms with Gasteiger partial charge in [-0.1, -0.05) is 0 Å². The maximum atomic E-state index is 12.3. The monoisotopic (exact) mass is 277 g/mol. The fraction of sp³-hybridized carbons (Fsp3) is 0.533. The first-order chi connectivity index (χ1) is 9.55. The highest BCUT2D eigenvalue weighted by Gasteiger charge is 2.25. The molecule has 1 unspecified atom stereocenters. The molecule has 1 atom stereocenters. The van der Waals surface area contributed by atoms with Crippen LogP contribution in [-0.2, 0) is 4.79 Å². The van der Waals surface area contributed by atoms with Gasteiger partial charge in [0.15, 0.2) is 0 Å². The molecule has 2 N–H and O–H groups in total. The van der Waals surface area contributed by atoms with Crippen LogP contribution >= 0.6 is 0 Å². The van der Waals surface area contributed by atoms with E-state index in [9.17, 15) is 4.79 Å². The first kappa shape index (κ1) is 14.5. The number of ether oxygens (including phenoxy) is 1. The van der Waals surface area contributed by atoms with E-state index in [0.29, 0.717) is 18.8 Å². The Kier molecular flexibility index (Phi) is 4.37. The van der Waals surface area contributed by atoms with Gasteiger partial charge in [0.2, 0.25) is 5.91 Å². The lowest BCUT2D eigenvalue weighted by atomic mass is 10.1. The summed E-state index contributed by atoms with van der Waals surface area (Å²) in [6.45, 7) is 8.53. The van der Waals surface area contributed by atoms with E-state index in [0.717, 1.165) is 24.5 Å². The number of hydrogen-bond donors (Lipinski definition) is 1.